The van der Waals surface area contributed by atoms with Crippen molar-refractivity contribution in [2.75, 3.05) is 11.9 Å². The minimum Gasteiger partial charge on any atom is -0.487 e. The molecule has 0 amide bonds. The summed E-state index contributed by atoms with van der Waals surface area (Å²) in [6, 6.07) is 21.3. The summed E-state index contributed by atoms with van der Waals surface area (Å²) in [6.45, 7) is 0.149. The Labute approximate surface area is 233 Å². The zero-order valence-electron chi connectivity index (χ0n) is 20.7. The van der Waals surface area contributed by atoms with Gasteiger partial charge in [-0.2, -0.15) is 0 Å². The zero-order chi connectivity index (χ0) is 27.4. The topological polar surface area (TPSA) is 97.5 Å². The summed E-state index contributed by atoms with van der Waals surface area (Å²) >= 11 is 6.48. The van der Waals surface area contributed by atoms with Crippen molar-refractivity contribution < 1.29 is 24.4 Å². The molecule has 0 fully saturated rings. The number of nitrogens with one attached hydrogen (secondary N) is 1. The molecule has 2 aliphatic rings. The number of aliphatic hydroxyl groups is 3. The van der Waals surface area contributed by atoms with E-state index in [1.807, 2.05) is 46.7 Å². The fraction of sp³-hybridized carbons (Fsp3) is 0.172. The van der Waals surface area contributed by atoms with Gasteiger partial charge >= 0.3 is 0 Å². The third-order valence-electron chi connectivity index (χ3n) is 6.13. The molecule has 202 valence electrons. The van der Waals surface area contributed by atoms with Gasteiger partial charge in [0.15, 0.2) is 0 Å². The minimum absolute atomic E-state index is 0.175. The van der Waals surface area contributed by atoms with Crippen LogP contribution in [0.3, 0.4) is 0 Å². The summed E-state index contributed by atoms with van der Waals surface area (Å²) in [5.74, 6) is 0.682. The lowest BCUT2D eigenvalue weighted by atomic mass is 10.1. The molecule has 0 aromatic heterocycles. The number of hydrogen-bond acceptors (Lipinski definition) is 7. The molecule has 3 atom stereocenters. The Balaban J connectivity index is 1.39. The Kier molecular flexibility index (Phi) is 8.44. The van der Waals surface area contributed by atoms with Gasteiger partial charge in [-0.05, 0) is 52.9 Å². The lowest BCUT2D eigenvalue weighted by Crippen LogP contribution is -2.36. The summed E-state index contributed by atoms with van der Waals surface area (Å²) in [5.41, 5.74) is 2.01. The van der Waals surface area contributed by atoms with Crippen LogP contribution in [0.15, 0.2) is 101 Å². The standard InChI is InChI=1S/C29H27ClFN3O4S/c30-24-14-22(9-10-26(24)38-17-20-7-4-8-21(31)13-20)33-27-23-11-12-39(29(37)25(36)16-35)28(23)34(18-32-27)15-19-5-2-1-3-6-19/h1-14,18,25,29,33,35-37H,15-17H2/t25-,29-,39?/m0/s1. The predicted octanol–water partition coefficient (Wildman–Crippen LogP) is 4.82. The van der Waals surface area contributed by atoms with Crippen LogP contribution in [-0.4, -0.2) is 49.7 Å². The van der Waals surface area contributed by atoms with Gasteiger partial charge in [0, 0.05) is 17.8 Å². The molecule has 0 saturated heterocycles. The first-order valence-electron chi connectivity index (χ1n) is 12.2. The second-order valence-corrected chi connectivity index (χ2v) is 11.2. The van der Waals surface area contributed by atoms with Crippen LogP contribution in [0, 0.1) is 5.82 Å². The van der Waals surface area contributed by atoms with Crippen LogP contribution in [0.5, 0.6) is 5.75 Å². The van der Waals surface area contributed by atoms with Crippen molar-refractivity contribution in [2.45, 2.75) is 24.7 Å². The number of benzene rings is 3. The molecule has 0 radical (unpaired) electrons. The van der Waals surface area contributed by atoms with E-state index in [-0.39, 0.29) is 12.4 Å². The largest absolute Gasteiger partial charge is 0.487 e. The summed E-state index contributed by atoms with van der Waals surface area (Å²) in [5, 5.41) is 35.9. The van der Waals surface area contributed by atoms with E-state index in [4.69, 9.17) is 16.3 Å². The van der Waals surface area contributed by atoms with Crippen molar-refractivity contribution in [3.8, 4) is 5.75 Å². The third-order valence-corrected chi connectivity index (χ3v) is 8.59. The molecule has 7 nitrogen and oxygen atoms in total. The molecule has 4 N–H and O–H groups in total. The van der Waals surface area contributed by atoms with E-state index in [1.165, 1.54) is 12.1 Å². The monoisotopic (exact) mass is 567 g/mol. The Hall–Kier alpha value is -3.47. The van der Waals surface area contributed by atoms with Gasteiger partial charge in [-0.1, -0.05) is 54.1 Å². The molecular formula is C29H27ClFN3O4S. The number of nitrogens with zero attached hydrogens (tertiary/aromatic N) is 2. The van der Waals surface area contributed by atoms with Gasteiger partial charge in [-0.3, -0.25) is 0 Å². The zero-order valence-corrected chi connectivity index (χ0v) is 22.3. The summed E-state index contributed by atoms with van der Waals surface area (Å²) in [7, 11) is -0.886. The number of fused-ring (bicyclic) bond motifs is 1. The lowest BCUT2D eigenvalue weighted by Gasteiger charge is -2.30. The van der Waals surface area contributed by atoms with Crippen LogP contribution in [0.25, 0.3) is 0 Å². The normalized spacial score (nSPS) is 17.8. The molecule has 0 spiro atoms. The molecule has 3 aromatic rings. The van der Waals surface area contributed by atoms with Crippen LogP contribution in [0.4, 0.5) is 10.1 Å². The Bertz CT molecular complexity index is 1480. The second-order valence-electron chi connectivity index (χ2n) is 8.93. The van der Waals surface area contributed by atoms with Gasteiger partial charge in [0.1, 0.15) is 35.5 Å². The molecule has 2 heterocycles. The number of halogens is 2. The van der Waals surface area contributed by atoms with Gasteiger partial charge in [-0.25, -0.2) is 9.38 Å². The molecule has 2 aliphatic heterocycles. The number of aliphatic hydroxyl groups excluding tert-OH is 3. The van der Waals surface area contributed by atoms with Crippen LogP contribution < -0.4 is 10.1 Å². The Morgan fingerprint density at radius 1 is 1.03 bits per heavy atom. The first kappa shape index (κ1) is 27.1. The molecule has 39 heavy (non-hydrogen) atoms. The Morgan fingerprint density at radius 2 is 1.82 bits per heavy atom. The molecule has 3 aromatic carbocycles. The van der Waals surface area contributed by atoms with Crippen molar-refractivity contribution in [1.82, 2.24) is 4.90 Å². The average Bonchev–Trinajstić information content (AvgIpc) is 3.40. The van der Waals surface area contributed by atoms with Crippen LogP contribution in [0.2, 0.25) is 5.02 Å². The molecule has 5 rings (SSSR count). The maximum atomic E-state index is 13.4. The summed E-state index contributed by atoms with van der Waals surface area (Å²) in [6.07, 6.45) is 2.27. The van der Waals surface area contributed by atoms with Crippen LogP contribution in [-0.2, 0) is 13.2 Å². The predicted molar refractivity (Wildman–Crippen MR) is 154 cm³/mol. The number of anilines is 1. The van der Waals surface area contributed by atoms with E-state index < -0.39 is 28.6 Å². The molecule has 0 bridgehead atoms. The highest BCUT2D eigenvalue weighted by molar-refractivity contribution is 8.19. The second kappa shape index (κ2) is 12.1. The smallest absolute Gasteiger partial charge is 0.142 e. The molecular weight excluding hydrogens is 541 g/mol. The Morgan fingerprint density at radius 3 is 2.56 bits per heavy atom. The van der Waals surface area contributed by atoms with Gasteiger partial charge in [0.05, 0.1) is 23.0 Å². The van der Waals surface area contributed by atoms with Gasteiger partial charge in [0.25, 0.3) is 0 Å². The van der Waals surface area contributed by atoms with E-state index in [0.717, 1.165) is 16.1 Å². The number of aliphatic imine (C=N–C) groups is 1. The van der Waals surface area contributed by atoms with E-state index in [2.05, 4.69) is 10.3 Å². The highest BCUT2D eigenvalue weighted by Gasteiger charge is 2.31. The first-order valence-corrected chi connectivity index (χ1v) is 13.9. The van der Waals surface area contributed by atoms with E-state index in [1.54, 1.807) is 36.7 Å². The summed E-state index contributed by atoms with van der Waals surface area (Å²) in [4.78, 5) is 7.37. The molecule has 0 aliphatic carbocycles. The van der Waals surface area contributed by atoms with Crippen molar-refractivity contribution in [3.05, 3.63) is 118 Å². The fourth-order valence-corrected chi connectivity index (χ4v) is 6.45. The van der Waals surface area contributed by atoms with Gasteiger partial charge < -0.3 is 30.3 Å². The van der Waals surface area contributed by atoms with Crippen LogP contribution in [0.1, 0.15) is 11.1 Å². The molecule has 1 unspecified atom stereocenters. The maximum Gasteiger partial charge on any atom is 0.142 e. The van der Waals surface area contributed by atoms with E-state index >= 15 is 0 Å². The average molecular weight is 568 g/mol. The third kappa shape index (κ3) is 6.24. The molecule has 0 saturated carbocycles. The minimum atomic E-state index is -1.28. The molecule has 10 heteroatoms. The van der Waals surface area contributed by atoms with Crippen LogP contribution >= 0.6 is 22.1 Å². The number of ether oxygens (including phenoxy) is 1. The maximum absolute atomic E-state index is 13.4. The number of rotatable bonds is 10. The number of hydrogen-bond donors (Lipinski definition) is 4. The first-order chi connectivity index (χ1) is 18.9. The highest BCUT2D eigenvalue weighted by Crippen LogP contribution is 2.39. The highest BCUT2D eigenvalue weighted by atomic mass is 35.5. The van der Waals surface area contributed by atoms with Gasteiger partial charge in [-0.15, -0.1) is 10.5 Å². The van der Waals surface area contributed by atoms with E-state index in [0.29, 0.717) is 34.4 Å². The van der Waals surface area contributed by atoms with Crippen molar-refractivity contribution in [3.63, 3.8) is 0 Å². The quantitative estimate of drug-likeness (QED) is 0.262. The SMILES string of the molecule is OC[C@H](O)[C@@H](O)S1=C2C(=C(Nc3ccc(OCc4cccc(F)c4)c(Cl)c3)N=CN2Cc2ccccc2)C=C1. The fourth-order valence-electron chi connectivity index (χ4n) is 4.19. The lowest BCUT2D eigenvalue weighted by molar-refractivity contribution is 0.0285. The van der Waals surface area contributed by atoms with Crippen molar-refractivity contribution in [1.29, 1.82) is 0 Å². The summed E-state index contributed by atoms with van der Waals surface area (Å²) < 4.78 is 19.2. The van der Waals surface area contributed by atoms with E-state index in [9.17, 15) is 19.7 Å². The van der Waals surface area contributed by atoms with Crippen molar-refractivity contribution in [2.24, 2.45) is 4.99 Å². The van der Waals surface area contributed by atoms with Gasteiger partial charge in [0.2, 0.25) is 0 Å². The van der Waals surface area contributed by atoms with Crippen molar-refractivity contribution >= 4 is 39.1 Å².